The van der Waals surface area contributed by atoms with E-state index in [1.807, 2.05) is 11.7 Å². The number of aryl methyl sites for hydroxylation is 1. The van der Waals surface area contributed by atoms with Gasteiger partial charge in [0.1, 0.15) is 0 Å². The molecule has 3 fully saturated rings. The lowest BCUT2D eigenvalue weighted by Gasteiger charge is -2.48. The molecular weight excluding hydrogens is 354 g/mol. The Bertz CT molecular complexity index is 946. The second kappa shape index (κ2) is 6.58. The van der Waals surface area contributed by atoms with Gasteiger partial charge in [-0.2, -0.15) is 5.10 Å². The normalized spacial score (nSPS) is 26.9. The molecule has 2 aromatic rings. The zero-order chi connectivity index (χ0) is 19.3. The fraction of sp³-hybridized carbons (Fsp3) is 0.571. The average molecular weight is 381 g/mol. The number of aromatic nitrogens is 2. The van der Waals surface area contributed by atoms with Crippen LogP contribution in [0.1, 0.15) is 56.6 Å². The Balaban J connectivity index is 1.39. The van der Waals surface area contributed by atoms with E-state index in [9.17, 15) is 9.59 Å². The summed E-state index contributed by atoms with van der Waals surface area (Å²) in [7, 11) is 1.91. The number of carbonyl (C=O) groups excluding carboxylic acids is 2. The first-order valence-electron chi connectivity index (χ1n) is 10.3. The Kier molecular flexibility index (Phi) is 4.16. The maximum atomic E-state index is 12.3. The van der Waals surface area contributed by atoms with Crippen molar-refractivity contribution in [1.29, 1.82) is 0 Å². The molecule has 2 amide bonds. The van der Waals surface area contributed by atoms with E-state index in [1.165, 1.54) is 25.7 Å². The first-order valence-corrected chi connectivity index (χ1v) is 10.3. The van der Waals surface area contributed by atoms with Crippen LogP contribution >= 0.6 is 0 Å². The summed E-state index contributed by atoms with van der Waals surface area (Å²) in [6.07, 6.45) is 7.12. The van der Waals surface area contributed by atoms with Crippen molar-refractivity contribution in [2.24, 2.45) is 7.05 Å². The van der Waals surface area contributed by atoms with Gasteiger partial charge in [-0.1, -0.05) is 0 Å². The molecule has 1 aromatic heterocycles. The van der Waals surface area contributed by atoms with E-state index in [2.05, 4.69) is 39.2 Å². The molecule has 3 aliphatic rings. The molecule has 2 aliphatic heterocycles. The number of hydrogen-bond acceptors (Lipinski definition) is 5. The monoisotopic (exact) mass is 381 g/mol. The van der Waals surface area contributed by atoms with Gasteiger partial charge in [0.25, 0.3) is 0 Å². The van der Waals surface area contributed by atoms with E-state index in [0.29, 0.717) is 24.4 Å². The van der Waals surface area contributed by atoms with Crippen LogP contribution in [0.5, 0.6) is 0 Å². The van der Waals surface area contributed by atoms with Crippen molar-refractivity contribution in [3.63, 3.8) is 0 Å². The summed E-state index contributed by atoms with van der Waals surface area (Å²) in [5, 5.41) is 15.5. The number of imide groups is 1. The van der Waals surface area contributed by atoms with Gasteiger partial charge < -0.3 is 10.6 Å². The lowest BCUT2D eigenvalue weighted by molar-refractivity contribution is -0.134. The van der Waals surface area contributed by atoms with Crippen molar-refractivity contribution in [2.75, 3.05) is 11.9 Å². The highest BCUT2D eigenvalue weighted by atomic mass is 16.2. The highest BCUT2D eigenvalue weighted by molar-refractivity contribution is 6.02. The van der Waals surface area contributed by atoms with E-state index in [1.54, 1.807) is 0 Å². The van der Waals surface area contributed by atoms with Crippen LogP contribution in [0.25, 0.3) is 10.9 Å². The topological polar surface area (TPSA) is 88.0 Å². The molecule has 1 saturated carbocycles. The van der Waals surface area contributed by atoms with Gasteiger partial charge in [-0.25, -0.2) is 0 Å². The van der Waals surface area contributed by atoms with E-state index >= 15 is 0 Å². The predicted octanol–water partition coefficient (Wildman–Crippen LogP) is 2.18. The van der Waals surface area contributed by atoms with E-state index in [4.69, 9.17) is 0 Å². The van der Waals surface area contributed by atoms with Crippen molar-refractivity contribution in [1.82, 2.24) is 20.4 Å². The summed E-state index contributed by atoms with van der Waals surface area (Å²) >= 11 is 0. The summed E-state index contributed by atoms with van der Waals surface area (Å²) in [5.41, 5.74) is 3.25. The molecule has 148 valence electrons. The first kappa shape index (κ1) is 17.7. The first-order chi connectivity index (χ1) is 13.5. The molecule has 2 unspecified atom stereocenters. The molecule has 28 heavy (non-hydrogen) atoms. The Morgan fingerprint density at radius 2 is 2.11 bits per heavy atom. The van der Waals surface area contributed by atoms with Gasteiger partial charge >= 0.3 is 0 Å². The maximum Gasteiger partial charge on any atom is 0.235 e. The Hall–Kier alpha value is -2.41. The summed E-state index contributed by atoms with van der Waals surface area (Å²) < 4.78 is 1.84. The van der Waals surface area contributed by atoms with E-state index in [-0.39, 0.29) is 17.7 Å². The van der Waals surface area contributed by atoms with Gasteiger partial charge in [-0.05, 0) is 63.3 Å². The number of carbonyl (C=O) groups is 2. The molecule has 3 N–H and O–H groups in total. The summed E-state index contributed by atoms with van der Waals surface area (Å²) in [6.45, 7) is 1.07. The molecule has 0 radical (unpaired) electrons. The van der Waals surface area contributed by atoms with E-state index < -0.39 is 0 Å². The van der Waals surface area contributed by atoms with Crippen molar-refractivity contribution in [2.45, 2.75) is 62.4 Å². The third-order valence-electron chi connectivity index (χ3n) is 6.76. The van der Waals surface area contributed by atoms with Crippen LogP contribution in [0.2, 0.25) is 0 Å². The lowest BCUT2D eigenvalue weighted by atomic mass is 9.70. The van der Waals surface area contributed by atoms with Crippen LogP contribution in [-0.2, 0) is 16.6 Å². The minimum atomic E-state index is -0.358. The Morgan fingerprint density at radius 3 is 2.86 bits per heavy atom. The Morgan fingerprint density at radius 1 is 1.25 bits per heavy atom. The number of hydrogen-bond donors (Lipinski definition) is 3. The van der Waals surface area contributed by atoms with Crippen molar-refractivity contribution >= 4 is 28.4 Å². The van der Waals surface area contributed by atoms with Crippen molar-refractivity contribution in [3.8, 4) is 0 Å². The standard InChI is InChI=1S/C21H27N5O2/c1-26-17-11-13(23-14-7-10-22-21(12-14)8-2-9-21)3-4-15(17)19(25-26)16-5-6-18(27)24-20(16)28/h3-4,11,14,16,22-23H,2,5-10,12H2,1H3,(H,24,27,28). The molecule has 0 bridgehead atoms. The number of anilines is 1. The molecule has 7 heteroatoms. The summed E-state index contributed by atoms with van der Waals surface area (Å²) in [4.78, 5) is 23.7. The fourth-order valence-electron chi connectivity index (χ4n) is 5.09. The van der Waals surface area contributed by atoms with Gasteiger partial charge in [-0.15, -0.1) is 0 Å². The molecule has 5 rings (SSSR count). The van der Waals surface area contributed by atoms with Gasteiger partial charge in [0.2, 0.25) is 11.8 Å². The van der Waals surface area contributed by atoms with Crippen LogP contribution in [0.15, 0.2) is 18.2 Å². The molecule has 2 saturated heterocycles. The molecule has 7 nitrogen and oxygen atoms in total. The highest BCUT2D eigenvalue weighted by Gasteiger charge is 2.40. The summed E-state index contributed by atoms with van der Waals surface area (Å²) in [6, 6.07) is 6.77. The molecule has 2 atom stereocenters. The molecule has 1 aromatic carbocycles. The summed E-state index contributed by atoms with van der Waals surface area (Å²) in [5.74, 6) is -0.791. The van der Waals surface area contributed by atoms with Crippen LogP contribution in [0, 0.1) is 0 Å². The highest BCUT2D eigenvalue weighted by Crippen LogP contribution is 2.39. The van der Waals surface area contributed by atoms with Crippen molar-refractivity contribution in [3.05, 3.63) is 23.9 Å². The largest absolute Gasteiger partial charge is 0.382 e. The third-order valence-corrected chi connectivity index (χ3v) is 6.76. The number of piperidine rings is 2. The van der Waals surface area contributed by atoms with Crippen LogP contribution in [0.3, 0.4) is 0 Å². The van der Waals surface area contributed by atoms with Crippen LogP contribution in [-0.4, -0.2) is 39.7 Å². The molecule has 3 heterocycles. The number of nitrogens with one attached hydrogen (secondary N) is 3. The number of amides is 2. The third kappa shape index (κ3) is 2.98. The SMILES string of the molecule is Cn1nc(C2CCC(=O)NC2=O)c2ccc(NC3CCNC4(CCC4)C3)cc21. The smallest absolute Gasteiger partial charge is 0.235 e. The van der Waals surface area contributed by atoms with Gasteiger partial charge in [-0.3, -0.25) is 19.6 Å². The maximum absolute atomic E-state index is 12.3. The second-order valence-electron chi connectivity index (χ2n) is 8.64. The Labute approximate surface area is 164 Å². The number of rotatable bonds is 3. The van der Waals surface area contributed by atoms with Gasteiger partial charge in [0.05, 0.1) is 17.1 Å². The number of fused-ring (bicyclic) bond motifs is 1. The predicted molar refractivity (Wildman–Crippen MR) is 107 cm³/mol. The van der Waals surface area contributed by atoms with Crippen molar-refractivity contribution < 1.29 is 9.59 Å². The zero-order valence-corrected chi connectivity index (χ0v) is 16.3. The van der Waals surface area contributed by atoms with Crippen LogP contribution in [0.4, 0.5) is 5.69 Å². The second-order valence-corrected chi connectivity index (χ2v) is 8.64. The fourth-order valence-corrected chi connectivity index (χ4v) is 5.09. The molecule has 1 aliphatic carbocycles. The molecular formula is C21H27N5O2. The quantitative estimate of drug-likeness (QED) is 0.710. The minimum absolute atomic E-state index is 0.195. The lowest BCUT2D eigenvalue weighted by Crippen LogP contribution is -2.58. The van der Waals surface area contributed by atoms with Gasteiger partial charge in [0, 0.05) is 36.1 Å². The van der Waals surface area contributed by atoms with Crippen LogP contribution < -0.4 is 16.0 Å². The average Bonchev–Trinajstić information content (AvgIpc) is 2.97. The van der Waals surface area contributed by atoms with E-state index in [0.717, 1.165) is 35.2 Å². The van der Waals surface area contributed by atoms with Gasteiger partial charge in [0.15, 0.2) is 0 Å². The number of nitrogens with zero attached hydrogens (tertiary/aromatic N) is 2. The zero-order valence-electron chi connectivity index (χ0n) is 16.3. The molecule has 1 spiro atoms. The minimum Gasteiger partial charge on any atom is -0.382 e. The number of benzene rings is 1.